The van der Waals surface area contributed by atoms with Gasteiger partial charge in [0.1, 0.15) is 12.7 Å². The fourth-order valence-corrected chi connectivity index (χ4v) is 2.04. The third-order valence-corrected chi connectivity index (χ3v) is 3.09. The molecule has 1 rings (SSSR count). The maximum atomic E-state index is 10.8. The van der Waals surface area contributed by atoms with Gasteiger partial charge in [0.2, 0.25) is 0 Å². The number of rotatable bonds is 6. The van der Waals surface area contributed by atoms with Crippen molar-refractivity contribution in [3.63, 3.8) is 0 Å². The zero-order valence-corrected chi connectivity index (χ0v) is 12.3. The molecule has 0 aromatic carbocycles. The number of nitrogens with zero attached hydrogens (tertiary/aromatic N) is 1. The molecule has 1 saturated heterocycles. The van der Waals surface area contributed by atoms with E-state index in [0.717, 1.165) is 30.9 Å². The van der Waals surface area contributed by atoms with Gasteiger partial charge < -0.3 is 15.2 Å². The molecule has 1 atom stereocenters. The van der Waals surface area contributed by atoms with Gasteiger partial charge in [0.25, 0.3) is 0 Å². The largest absolute Gasteiger partial charge is 0.463 e. The molecule has 0 aliphatic carbocycles. The van der Waals surface area contributed by atoms with Crippen molar-refractivity contribution in [2.75, 3.05) is 32.8 Å². The Kier molecular flexibility index (Phi) is 7.04. The van der Waals surface area contributed by atoms with Crippen LogP contribution in [0, 0.1) is 0 Å². The predicted octanol–water partition coefficient (Wildman–Crippen LogP) is 1.23. The summed E-state index contributed by atoms with van der Waals surface area (Å²) >= 11 is 0. The molecule has 0 saturated carbocycles. The second-order valence-electron chi connectivity index (χ2n) is 4.70. The van der Waals surface area contributed by atoms with Crippen LogP contribution >= 0.6 is 0 Å². The van der Waals surface area contributed by atoms with Crippen molar-refractivity contribution in [3.05, 3.63) is 36.1 Å². The van der Waals surface area contributed by atoms with Gasteiger partial charge in [0, 0.05) is 32.3 Å². The van der Waals surface area contributed by atoms with E-state index in [1.54, 1.807) is 6.08 Å². The first-order valence-electron chi connectivity index (χ1n) is 6.77. The predicted molar refractivity (Wildman–Crippen MR) is 79.0 cm³/mol. The van der Waals surface area contributed by atoms with E-state index in [9.17, 15) is 4.79 Å². The van der Waals surface area contributed by atoms with Gasteiger partial charge in [-0.05, 0) is 12.5 Å². The van der Waals surface area contributed by atoms with Crippen LogP contribution in [0.1, 0.15) is 13.8 Å². The van der Waals surface area contributed by atoms with Gasteiger partial charge in [0.05, 0.1) is 6.61 Å². The smallest absolute Gasteiger partial charge is 0.302 e. The van der Waals surface area contributed by atoms with Crippen LogP contribution < -0.4 is 5.73 Å². The Hall–Kier alpha value is -1.59. The van der Waals surface area contributed by atoms with Gasteiger partial charge in [-0.3, -0.25) is 9.69 Å². The van der Waals surface area contributed by atoms with Crippen LogP contribution in [0.15, 0.2) is 36.1 Å². The number of esters is 1. The molecule has 0 aromatic rings. The molecule has 1 fully saturated rings. The van der Waals surface area contributed by atoms with Crippen LogP contribution in [0.2, 0.25) is 0 Å². The minimum Gasteiger partial charge on any atom is -0.463 e. The first-order valence-corrected chi connectivity index (χ1v) is 6.77. The molecule has 1 unspecified atom stereocenters. The Bertz CT molecular complexity index is 402. The number of carbonyl (C=O) groups is 1. The number of nitrogens with two attached hydrogens (primary N) is 1. The minimum atomic E-state index is -0.281. The summed E-state index contributed by atoms with van der Waals surface area (Å²) in [4.78, 5) is 13.1. The molecule has 1 aliphatic heterocycles. The van der Waals surface area contributed by atoms with E-state index in [2.05, 4.69) is 11.5 Å². The lowest BCUT2D eigenvalue weighted by Crippen LogP contribution is -2.45. The maximum absolute atomic E-state index is 10.8. The lowest BCUT2D eigenvalue weighted by Gasteiger charge is -2.33. The van der Waals surface area contributed by atoms with Gasteiger partial charge in [-0.1, -0.05) is 24.8 Å². The Morgan fingerprint density at radius 2 is 2.35 bits per heavy atom. The zero-order valence-electron chi connectivity index (χ0n) is 12.3. The Balaban J connectivity index is 2.56. The maximum Gasteiger partial charge on any atom is 0.302 e. The van der Waals surface area contributed by atoms with Crippen LogP contribution in [0.25, 0.3) is 0 Å². The molecular formula is C15H24N2O3. The highest BCUT2D eigenvalue weighted by molar-refractivity contribution is 5.65. The van der Waals surface area contributed by atoms with Crippen LogP contribution in [0.5, 0.6) is 0 Å². The zero-order chi connectivity index (χ0) is 15.0. The highest BCUT2D eigenvalue weighted by atomic mass is 16.6. The molecule has 0 spiro atoms. The Labute approximate surface area is 120 Å². The molecule has 0 radical (unpaired) electrons. The number of allylic oxidation sites excluding steroid dienone is 3. The highest BCUT2D eigenvalue weighted by Crippen LogP contribution is 2.12. The second kappa shape index (κ2) is 8.55. The molecule has 20 heavy (non-hydrogen) atoms. The molecule has 0 bridgehead atoms. The summed E-state index contributed by atoms with van der Waals surface area (Å²) < 4.78 is 10.6. The lowest BCUT2D eigenvalue weighted by atomic mass is 10.1. The van der Waals surface area contributed by atoms with Crippen molar-refractivity contribution in [3.8, 4) is 0 Å². The van der Waals surface area contributed by atoms with E-state index >= 15 is 0 Å². The summed E-state index contributed by atoms with van der Waals surface area (Å²) in [6.45, 7) is 10.2. The van der Waals surface area contributed by atoms with Gasteiger partial charge in [0.15, 0.2) is 0 Å². The summed E-state index contributed by atoms with van der Waals surface area (Å²) in [6, 6.07) is 0. The summed E-state index contributed by atoms with van der Waals surface area (Å²) in [5, 5.41) is 0. The van der Waals surface area contributed by atoms with Gasteiger partial charge in [-0.2, -0.15) is 0 Å². The van der Waals surface area contributed by atoms with E-state index in [-0.39, 0.29) is 12.1 Å². The third kappa shape index (κ3) is 5.59. The van der Waals surface area contributed by atoms with E-state index in [0.29, 0.717) is 13.2 Å². The number of hydrogen-bond acceptors (Lipinski definition) is 5. The monoisotopic (exact) mass is 280 g/mol. The van der Waals surface area contributed by atoms with Crippen molar-refractivity contribution in [2.45, 2.75) is 20.0 Å². The highest BCUT2D eigenvalue weighted by Gasteiger charge is 2.22. The van der Waals surface area contributed by atoms with Crippen LogP contribution in [0.4, 0.5) is 0 Å². The topological polar surface area (TPSA) is 64.8 Å². The van der Waals surface area contributed by atoms with Gasteiger partial charge in [-0.15, -0.1) is 0 Å². The molecule has 112 valence electrons. The molecule has 5 nitrogen and oxygen atoms in total. The van der Waals surface area contributed by atoms with E-state index < -0.39 is 0 Å². The van der Waals surface area contributed by atoms with Crippen LogP contribution in [0.3, 0.4) is 0 Å². The summed E-state index contributed by atoms with van der Waals surface area (Å²) in [5.74, 6) is -0.281. The third-order valence-electron chi connectivity index (χ3n) is 3.09. The van der Waals surface area contributed by atoms with Crippen molar-refractivity contribution in [2.24, 2.45) is 5.73 Å². The number of hydrogen-bond donors (Lipinski definition) is 1. The Morgan fingerprint density at radius 1 is 1.60 bits per heavy atom. The summed E-state index contributed by atoms with van der Waals surface area (Å²) in [6.07, 6.45) is 5.46. The number of carbonyl (C=O) groups excluding carboxylic acids is 1. The van der Waals surface area contributed by atoms with E-state index in [1.807, 2.05) is 19.1 Å². The quantitative estimate of drug-likeness (QED) is 0.585. The molecule has 0 aromatic heterocycles. The lowest BCUT2D eigenvalue weighted by molar-refractivity contribution is -0.147. The van der Waals surface area contributed by atoms with Crippen molar-refractivity contribution < 1.29 is 14.3 Å². The molecule has 5 heteroatoms. The van der Waals surface area contributed by atoms with Gasteiger partial charge >= 0.3 is 5.97 Å². The first-order chi connectivity index (χ1) is 9.56. The molecule has 2 N–H and O–H groups in total. The fraction of sp³-hybridized carbons (Fsp3) is 0.533. The normalized spacial score (nSPS) is 21.6. The van der Waals surface area contributed by atoms with Crippen LogP contribution in [-0.2, 0) is 14.3 Å². The standard InChI is InChI=1S/C15H24N2O3/c1-4-6-13(15(16)5-2)9-17-7-8-19-14(10-17)11-20-12(3)18/h4-6,14H,1,7-11,16H2,2-3H3/b13-6-,15-5+. The minimum absolute atomic E-state index is 0.0792. The van der Waals surface area contributed by atoms with Crippen molar-refractivity contribution in [1.82, 2.24) is 4.90 Å². The summed E-state index contributed by atoms with van der Waals surface area (Å²) in [7, 11) is 0. The van der Waals surface area contributed by atoms with E-state index in [4.69, 9.17) is 15.2 Å². The average Bonchev–Trinajstić information content (AvgIpc) is 2.44. The fourth-order valence-electron chi connectivity index (χ4n) is 2.04. The Morgan fingerprint density at radius 3 is 2.95 bits per heavy atom. The number of morpholine rings is 1. The van der Waals surface area contributed by atoms with Gasteiger partial charge in [-0.25, -0.2) is 0 Å². The SMILES string of the molecule is C=C/C=C(CN1CCOC(COC(C)=O)C1)\C(N)=C/C. The molecular weight excluding hydrogens is 256 g/mol. The molecule has 1 aliphatic rings. The summed E-state index contributed by atoms with van der Waals surface area (Å²) in [5.41, 5.74) is 7.77. The number of ether oxygens (including phenoxy) is 2. The van der Waals surface area contributed by atoms with E-state index in [1.165, 1.54) is 6.92 Å². The van der Waals surface area contributed by atoms with Crippen LogP contribution in [-0.4, -0.2) is 49.8 Å². The first kappa shape index (κ1) is 16.5. The molecule has 1 heterocycles. The average molecular weight is 280 g/mol. The second-order valence-corrected chi connectivity index (χ2v) is 4.70. The van der Waals surface area contributed by atoms with Crippen molar-refractivity contribution >= 4 is 5.97 Å². The van der Waals surface area contributed by atoms with Crippen molar-refractivity contribution in [1.29, 1.82) is 0 Å². The molecule has 0 amide bonds.